The Morgan fingerprint density at radius 2 is 2.26 bits per heavy atom. The van der Waals surface area contributed by atoms with Gasteiger partial charge < -0.3 is 15.2 Å². The van der Waals surface area contributed by atoms with Crippen molar-refractivity contribution in [1.29, 1.82) is 0 Å². The van der Waals surface area contributed by atoms with Crippen molar-refractivity contribution in [3.8, 4) is 0 Å². The summed E-state index contributed by atoms with van der Waals surface area (Å²) in [6.07, 6.45) is 6.91. The average Bonchev–Trinajstić information content (AvgIpc) is 2.42. The number of nitrogens with two attached hydrogens (primary N) is 1. The molecule has 0 amide bonds. The van der Waals surface area contributed by atoms with E-state index in [1.807, 2.05) is 0 Å². The van der Waals surface area contributed by atoms with Crippen LogP contribution in [0, 0.1) is 5.92 Å². The average molecular weight is 269 g/mol. The Labute approximate surface area is 118 Å². The second kappa shape index (κ2) is 8.72. The third-order valence-corrected chi connectivity index (χ3v) is 4.18. The van der Waals surface area contributed by atoms with Gasteiger partial charge in [0, 0.05) is 19.8 Å². The standard InChI is InChI=1S/C16H31NO2/c1-5-6-8-12(2)15(18-4)11-13(3)16-14(17)9-7-10-19-16/h12,14-16H,3,5-11,17H2,1-2,4H3/t12-,14-,15+,16+/m1/s1. The molecular weight excluding hydrogens is 238 g/mol. The van der Waals surface area contributed by atoms with Crippen LogP contribution in [0.15, 0.2) is 12.2 Å². The lowest BCUT2D eigenvalue weighted by atomic mass is 9.89. The summed E-state index contributed by atoms with van der Waals surface area (Å²) in [6.45, 7) is 9.49. The van der Waals surface area contributed by atoms with Crippen LogP contribution in [0.1, 0.15) is 52.4 Å². The normalized spacial score (nSPS) is 26.9. The Hall–Kier alpha value is -0.380. The van der Waals surface area contributed by atoms with Crippen LogP contribution >= 0.6 is 0 Å². The first kappa shape index (κ1) is 16.7. The van der Waals surface area contributed by atoms with Crippen LogP contribution in [-0.4, -0.2) is 32.0 Å². The van der Waals surface area contributed by atoms with Gasteiger partial charge in [-0.2, -0.15) is 0 Å². The van der Waals surface area contributed by atoms with Crippen molar-refractivity contribution in [2.45, 2.75) is 70.6 Å². The van der Waals surface area contributed by atoms with Gasteiger partial charge in [0.05, 0.1) is 12.2 Å². The van der Waals surface area contributed by atoms with Gasteiger partial charge in [-0.1, -0.05) is 33.3 Å². The first-order valence-electron chi connectivity index (χ1n) is 7.67. The minimum atomic E-state index is 0.0183. The molecule has 0 bridgehead atoms. The SMILES string of the molecule is C=C(C[C@H](OC)[C@H](C)CCCC)[C@@H]1OCCC[C@H]1N. The van der Waals surface area contributed by atoms with E-state index in [1.165, 1.54) is 19.3 Å². The monoisotopic (exact) mass is 269 g/mol. The molecule has 0 spiro atoms. The fourth-order valence-corrected chi connectivity index (χ4v) is 2.83. The van der Waals surface area contributed by atoms with E-state index in [0.29, 0.717) is 5.92 Å². The van der Waals surface area contributed by atoms with Gasteiger partial charge in [0.1, 0.15) is 0 Å². The van der Waals surface area contributed by atoms with E-state index < -0.39 is 0 Å². The van der Waals surface area contributed by atoms with E-state index >= 15 is 0 Å². The summed E-state index contributed by atoms with van der Waals surface area (Å²) >= 11 is 0. The molecule has 3 nitrogen and oxygen atoms in total. The molecule has 1 rings (SSSR count). The maximum Gasteiger partial charge on any atom is 0.0934 e. The van der Waals surface area contributed by atoms with Crippen LogP contribution in [0.4, 0.5) is 0 Å². The zero-order valence-corrected chi connectivity index (χ0v) is 12.9. The van der Waals surface area contributed by atoms with Gasteiger partial charge in [0.25, 0.3) is 0 Å². The van der Waals surface area contributed by atoms with E-state index in [9.17, 15) is 0 Å². The van der Waals surface area contributed by atoms with Gasteiger partial charge in [-0.25, -0.2) is 0 Å². The highest BCUT2D eigenvalue weighted by molar-refractivity contribution is 5.09. The predicted octanol–water partition coefficient (Wildman–Crippen LogP) is 3.28. The van der Waals surface area contributed by atoms with E-state index in [4.69, 9.17) is 15.2 Å². The maximum atomic E-state index is 6.13. The number of hydrogen-bond donors (Lipinski definition) is 1. The molecule has 0 aromatic rings. The van der Waals surface area contributed by atoms with Crippen LogP contribution in [0.25, 0.3) is 0 Å². The van der Waals surface area contributed by atoms with E-state index in [-0.39, 0.29) is 18.2 Å². The molecule has 1 fully saturated rings. The highest BCUT2D eigenvalue weighted by Crippen LogP contribution is 2.26. The molecular formula is C16H31NO2. The van der Waals surface area contributed by atoms with Crippen LogP contribution in [0.2, 0.25) is 0 Å². The highest BCUT2D eigenvalue weighted by atomic mass is 16.5. The Bertz CT molecular complexity index is 267. The molecule has 3 heteroatoms. The van der Waals surface area contributed by atoms with Crippen molar-refractivity contribution in [3.63, 3.8) is 0 Å². The van der Waals surface area contributed by atoms with Crippen molar-refractivity contribution < 1.29 is 9.47 Å². The summed E-state index contributed by atoms with van der Waals surface area (Å²) in [6, 6.07) is 0.102. The lowest BCUT2D eigenvalue weighted by Gasteiger charge is -2.33. The van der Waals surface area contributed by atoms with Crippen molar-refractivity contribution >= 4 is 0 Å². The van der Waals surface area contributed by atoms with Crippen LogP contribution in [-0.2, 0) is 9.47 Å². The van der Waals surface area contributed by atoms with E-state index in [2.05, 4.69) is 20.4 Å². The minimum absolute atomic E-state index is 0.0183. The molecule has 0 aromatic heterocycles. The zero-order valence-electron chi connectivity index (χ0n) is 12.9. The summed E-state index contributed by atoms with van der Waals surface area (Å²) in [5.41, 5.74) is 7.23. The number of ether oxygens (including phenoxy) is 2. The van der Waals surface area contributed by atoms with Crippen LogP contribution in [0.3, 0.4) is 0 Å². The lowest BCUT2D eigenvalue weighted by molar-refractivity contribution is 0.00920. The Balaban J connectivity index is 2.47. The van der Waals surface area contributed by atoms with E-state index in [0.717, 1.165) is 31.4 Å². The number of unbranched alkanes of at least 4 members (excludes halogenated alkanes) is 1. The topological polar surface area (TPSA) is 44.5 Å². The quantitative estimate of drug-likeness (QED) is 0.688. The summed E-state index contributed by atoms with van der Waals surface area (Å²) < 4.78 is 11.4. The molecule has 2 N–H and O–H groups in total. The smallest absolute Gasteiger partial charge is 0.0934 e. The number of rotatable bonds is 8. The predicted molar refractivity (Wildman–Crippen MR) is 80.2 cm³/mol. The molecule has 1 aliphatic rings. The molecule has 1 aliphatic heterocycles. The molecule has 0 unspecified atom stereocenters. The fourth-order valence-electron chi connectivity index (χ4n) is 2.83. The largest absolute Gasteiger partial charge is 0.381 e. The molecule has 0 saturated carbocycles. The summed E-state index contributed by atoms with van der Waals surface area (Å²) in [5, 5.41) is 0. The third kappa shape index (κ3) is 5.25. The third-order valence-electron chi connectivity index (χ3n) is 4.18. The van der Waals surface area contributed by atoms with Gasteiger partial charge in [-0.3, -0.25) is 0 Å². The fraction of sp³-hybridized carbons (Fsp3) is 0.875. The molecule has 0 aliphatic carbocycles. The Morgan fingerprint density at radius 1 is 1.53 bits per heavy atom. The Morgan fingerprint density at radius 3 is 2.84 bits per heavy atom. The van der Waals surface area contributed by atoms with Gasteiger partial charge in [0.2, 0.25) is 0 Å². The molecule has 4 atom stereocenters. The molecule has 112 valence electrons. The Kier molecular flexibility index (Phi) is 7.66. The molecule has 1 heterocycles. The summed E-state index contributed by atoms with van der Waals surface area (Å²) in [7, 11) is 1.79. The van der Waals surface area contributed by atoms with Crippen molar-refractivity contribution in [2.75, 3.05) is 13.7 Å². The molecule has 19 heavy (non-hydrogen) atoms. The molecule has 0 radical (unpaired) electrons. The van der Waals surface area contributed by atoms with Gasteiger partial charge in [-0.15, -0.1) is 0 Å². The van der Waals surface area contributed by atoms with Crippen molar-refractivity contribution in [2.24, 2.45) is 11.7 Å². The molecule has 0 aromatic carbocycles. The summed E-state index contributed by atoms with van der Waals surface area (Å²) in [4.78, 5) is 0. The minimum Gasteiger partial charge on any atom is -0.381 e. The van der Waals surface area contributed by atoms with E-state index in [1.54, 1.807) is 7.11 Å². The highest BCUT2D eigenvalue weighted by Gasteiger charge is 2.28. The number of hydrogen-bond acceptors (Lipinski definition) is 3. The van der Waals surface area contributed by atoms with Crippen molar-refractivity contribution in [3.05, 3.63) is 12.2 Å². The van der Waals surface area contributed by atoms with Gasteiger partial charge >= 0.3 is 0 Å². The van der Waals surface area contributed by atoms with Crippen LogP contribution in [0.5, 0.6) is 0 Å². The second-order valence-electron chi connectivity index (χ2n) is 5.85. The zero-order chi connectivity index (χ0) is 14.3. The lowest BCUT2D eigenvalue weighted by Crippen LogP contribution is -2.42. The summed E-state index contributed by atoms with van der Waals surface area (Å²) in [5.74, 6) is 0.557. The van der Waals surface area contributed by atoms with Gasteiger partial charge in [-0.05, 0) is 37.2 Å². The van der Waals surface area contributed by atoms with Gasteiger partial charge in [0.15, 0.2) is 0 Å². The van der Waals surface area contributed by atoms with Crippen molar-refractivity contribution in [1.82, 2.24) is 0 Å². The second-order valence-corrected chi connectivity index (χ2v) is 5.85. The first-order chi connectivity index (χ1) is 9.10. The van der Waals surface area contributed by atoms with Crippen LogP contribution < -0.4 is 5.73 Å². The number of methoxy groups -OCH3 is 1. The molecule has 1 saturated heterocycles. The first-order valence-corrected chi connectivity index (χ1v) is 7.67. The maximum absolute atomic E-state index is 6.13.